The van der Waals surface area contributed by atoms with Crippen LogP contribution >= 0.6 is 11.3 Å². The summed E-state index contributed by atoms with van der Waals surface area (Å²) in [6, 6.07) is 7.57. The van der Waals surface area contributed by atoms with Crippen molar-refractivity contribution in [3.05, 3.63) is 63.6 Å². The number of nitrogens with zero attached hydrogens (tertiary/aromatic N) is 1. The molecule has 28 heavy (non-hydrogen) atoms. The van der Waals surface area contributed by atoms with E-state index in [1.807, 2.05) is 0 Å². The normalized spacial score (nSPS) is 10.6. The summed E-state index contributed by atoms with van der Waals surface area (Å²) >= 11 is 1.23. The zero-order valence-corrected chi connectivity index (χ0v) is 16.2. The number of aromatic nitrogens is 1. The van der Waals surface area contributed by atoms with Crippen LogP contribution < -0.4 is 10.1 Å². The highest BCUT2D eigenvalue weighted by Gasteiger charge is 2.24. The van der Waals surface area contributed by atoms with Crippen molar-refractivity contribution in [2.45, 2.75) is 20.5 Å². The van der Waals surface area contributed by atoms with Gasteiger partial charge in [0.25, 0.3) is 5.91 Å². The van der Waals surface area contributed by atoms with E-state index in [-0.39, 0.29) is 23.6 Å². The maximum Gasteiger partial charge on any atom is 0.340 e. The number of thiophene rings is 1. The molecular weight excluding hydrogens is 387 g/mol. The monoisotopic (exact) mass is 404 g/mol. The summed E-state index contributed by atoms with van der Waals surface area (Å²) in [4.78, 5) is 25.4. The van der Waals surface area contributed by atoms with Crippen LogP contribution in [0.15, 0.2) is 34.9 Å². The van der Waals surface area contributed by atoms with Gasteiger partial charge in [0.2, 0.25) is 0 Å². The van der Waals surface area contributed by atoms with Gasteiger partial charge in [-0.2, -0.15) is 0 Å². The first-order valence-electron chi connectivity index (χ1n) is 8.23. The number of methoxy groups -OCH3 is 1. The quantitative estimate of drug-likeness (QED) is 0.622. The minimum Gasteiger partial charge on any atom is -0.486 e. The Morgan fingerprint density at radius 2 is 2.04 bits per heavy atom. The lowest BCUT2D eigenvalue weighted by Crippen LogP contribution is -2.16. The molecule has 1 amide bonds. The molecule has 0 saturated heterocycles. The lowest BCUT2D eigenvalue weighted by atomic mass is 10.2. The molecule has 146 valence electrons. The third-order valence-corrected chi connectivity index (χ3v) is 4.86. The Labute approximate surface area is 164 Å². The molecular formula is C19H17FN2O5S. The second-order valence-electron chi connectivity index (χ2n) is 5.83. The van der Waals surface area contributed by atoms with Crippen LogP contribution in [0, 0.1) is 19.7 Å². The molecule has 2 heterocycles. The molecule has 0 bridgehead atoms. The number of benzene rings is 1. The zero-order valence-electron chi connectivity index (χ0n) is 15.4. The molecule has 0 fully saturated rings. The summed E-state index contributed by atoms with van der Waals surface area (Å²) in [5.41, 5.74) is 0.632. The lowest BCUT2D eigenvalue weighted by Gasteiger charge is -2.08. The Morgan fingerprint density at radius 3 is 2.75 bits per heavy atom. The van der Waals surface area contributed by atoms with Gasteiger partial charge in [0.1, 0.15) is 17.4 Å². The summed E-state index contributed by atoms with van der Waals surface area (Å²) in [5.74, 6) is -1.22. The molecule has 0 radical (unpaired) electrons. The number of nitrogens with one attached hydrogen (secondary N) is 1. The van der Waals surface area contributed by atoms with E-state index in [2.05, 4.69) is 10.5 Å². The van der Waals surface area contributed by atoms with E-state index < -0.39 is 17.7 Å². The van der Waals surface area contributed by atoms with Gasteiger partial charge in [-0.15, -0.1) is 11.3 Å². The maximum absolute atomic E-state index is 13.7. The molecule has 0 aliphatic rings. The molecule has 0 unspecified atom stereocenters. The second kappa shape index (κ2) is 8.22. The van der Waals surface area contributed by atoms with Crippen LogP contribution in [0.25, 0.3) is 0 Å². The molecule has 0 aliphatic carbocycles. The van der Waals surface area contributed by atoms with E-state index in [9.17, 15) is 14.0 Å². The molecule has 7 nitrogen and oxygen atoms in total. The number of para-hydroxylation sites is 1. The molecule has 0 aliphatic heterocycles. The van der Waals surface area contributed by atoms with E-state index in [1.165, 1.54) is 30.6 Å². The topological polar surface area (TPSA) is 90.7 Å². The van der Waals surface area contributed by atoms with E-state index in [0.717, 1.165) is 4.88 Å². The summed E-state index contributed by atoms with van der Waals surface area (Å²) in [6.07, 6.45) is 0. The number of carbonyl (C=O) groups excluding carboxylic acids is 2. The van der Waals surface area contributed by atoms with Gasteiger partial charge in [-0.25, -0.2) is 9.18 Å². The Balaban J connectivity index is 1.80. The van der Waals surface area contributed by atoms with Gasteiger partial charge in [-0.1, -0.05) is 17.3 Å². The van der Waals surface area contributed by atoms with Gasteiger partial charge in [0.05, 0.1) is 18.2 Å². The predicted molar refractivity (Wildman–Crippen MR) is 100 cm³/mol. The zero-order chi connectivity index (χ0) is 20.3. The highest BCUT2D eigenvalue weighted by molar-refractivity contribution is 7.16. The highest BCUT2D eigenvalue weighted by atomic mass is 32.1. The average molecular weight is 404 g/mol. The Morgan fingerprint density at radius 1 is 1.29 bits per heavy atom. The minimum atomic E-state index is -0.573. The molecule has 3 aromatic rings. The number of hydrogen-bond acceptors (Lipinski definition) is 7. The van der Waals surface area contributed by atoms with Gasteiger partial charge in [0, 0.05) is 4.88 Å². The minimum absolute atomic E-state index is 0.00397. The summed E-state index contributed by atoms with van der Waals surface area (Å²) < 4.78 is 29.0. The van der Waals surface area contributed by atoms with E-state index in [4.69, 9.17) is 14.0 Å². The van der Waals surface area contributed by atoms with Crippen molar-refractivity contribution in [3.63, 3.8) is 0 Å². The van der Waals surface area contributed by atoms with E-state index in [0.29, 0.717) is 16.3 Å². The number of esters is 1. The van der Waals surface area contributed by atoms with Crippen molar-refractivity contribution < 1.29 is 28.0 Å². The first-order chi connectivity index (χ1) is 13.4. The van der Waals surface area contributed by atoms with Crippen molar-refractivity contribution in [2.75, 3.05) is 12.4 Å². The largest absolute Gasteiger partial charge is 0.486 e. The molecule has 1 aromatic carbocycles. The number of rotatable bonds is 6. The number of carbonyl (C=O) groups is 2. The van der Waals surface area contributed by atoms with E-state index >= 15 is 0 Å². The number of amides is 1. The molecule has 0 atom stereocenters. The Kier molecular flexibility index (Phi) is 5.74. The standard InChI is InChI=1S/C19H17FN2O5S/c1-10-8-12(19(24)25-3)18(28-10)21-17(23)16-13(11(2)27-22-16)9-26-15-7-5-4-6-14(15)20/h4-8H,9H2,1-3H3,(H,21,23). The number of halogens is 1. The third-order valence-electron chi connectivity index (χ3n) is 3.90. The van der Waals surface area contributed by atoms with Crippen molar-refractivity contribution in [1.82, 2.24) is 5.16 Å². The van der Waals surface area contributed by atoms with Crippen molar-refractivity contribution in [1.29, 1.82) is 0 Å². The van der Waals surface area contributed by atoms with Crippen LogP contribution in [0.2, 0.25) is 0 Å². The third kappa shape index (κ3) is 4.04. The van der Waals surface area contributed by atoms with Crippen LogP contribution in [0.1, 0.15) is 37.0 Å². The van der Waals surface area contributed by atoms with Crippen molar-refractivity contribution in [3.8, 4) is 5.75 Å². The number of hydrogen-bond donors (Lipinski definition) is 1. The molecule has 2 aromatic heterocycles. The molecule has 1 N–H and O–H groups in total. The van der Waals surface area contributed by atoms with Crippen LogP contribution in [0.5, 0.6) is 5.75 Å². The van der Waals surface area contributed by atoms with Gasteiger partial charge < -0.3 is 19.3 Å². The number of ether oxygens (including phenoxy) is 2. The fourth-order valence-electron chi connectivity index (χ4n) is 2.48. The van der Waals surface area contributed by atoms with Gasteiger partial charge in [-0.05, 0) is 32.0 Å². The van der Waals surface area contributed by atoms with Crippen molar-refractivity contribution in [2.24, 2.45) is 0 Å². The first-order valence-corrected chi connectivity index (χ1v) is 9.05. The lowest BCUT2D eigenvalue weighted by molar-refractivity contribution is 0.0602. The van der Waals surface area contributed by atoms with Crippen molar-refractivity contribution >= 4 is 28.2 Å². The van der Waals surface area contributed by atoms with Gasteiger partial charge in [0.15, 0.2) is 17.3 Å². The second-order valence-corrected chi connectivity index (χ2v) is 7.09. The maximum atomic E-state index is 13.7. The van der Waals surface area contributed by atoms with E-state index in [1.54, 1.807) is 32.0 Å². The fraction of sp³-hybridized carbons (Fsp3) is 0.211. The first kappa shape index (κ1) is 19.6. The number of anilines is 1. The highest BCUT2D eigenvalue weighted by Crippen LogP contribution is 2.29. The summed E-state index contributed by atoms with van der Waals surface area (Å²) in [6.45, 7) is 3.33. The number of aryl methyl sites for hydroxylation is 2. The van der Waals surface area contributed by atoms with Gasteiger partial charge >= 0.3 is 5.97 Å². The van der Waals surface area contributed by atoms with Crippen LogP contribution in [-0.4, -0.2) is 24.1 Å². The molecule has 9 heteroatoms. The molecule has 0 spiro atoms. The SMILES string of the molecule is COC(=O)c1cc(C)sc1NC(=O)c1noc(C)c1COc1ccccc1F. The van der Waals surface area contributed by atoms with Crippen LogP contribution in [0.4, 0.5) is 9.39 Å². The Bertz CT molecular complexity index is 1030. The summed E-state index contributed by atoms with van der Waals surface area (Å²) in [5, 5.41) is 6.77. The predicted octanol–water partition coefficient (Wildman–Crippen LogP) is 4.11. The summed E-state index contributed by atoms with van der Waals surface area (Å²) in [7, 11) is 1.26. The van der Waals surface area contributed by atoms with Crippen LogP contribution in [0.3, 0.4) is 0 Å². The van der Waals surface area contributed by atoms with Crippen LogP contribution in [-0.2, 0) is 11.3 Å². The molecule has 0 saturated carbocycles. The van der Waals surface area contributed by atoms with Gasteiger partial charge in [-0.3, -0.25) is 4.79 Å². The smallest absolute Gasteiger partial charge is 0.340 e. The molecule has 3 rings (SSSR count). The fourth-order valence-corrected chi connectivity index (χ4v) is 3.38. The average Bonchev–Trinajstić information content (AvgIpc) is 3.22. The Hall–Kier alpha value is -3.20.